The lowest BCUT2D eigenvalue weighted by Crippen LogP contribution is -2.16. The molecule has 2 fully saturated rings. The lowest BCUT2D eigenvalue weighted by atomic mass is 10.4. The van der Waals surface area contributed by atoms with E-state index in [-0.39, 0.29) is 0 Å². The first-order valence-electron chi connectivity index (χ1n) is 3.31. The van der Waals surface area contributed by atoms with Gasteiger partial charge in [-0.25, -0.2) is 5.32 Å². The van der Waals surface area contributed by atoms with Gasteiger partial charge in [0.15, 0.2) is 0 Å². The second-order valence-electron chi connectivity index (χ2n) is 2.50. The summed E-state index contributed by atoms with van der Waals surface area (Å²) < 4.78 is 9.95. The Hall–Kier alpha value is -0.120. The maximum Gasteiger partial charge on any atom is 0.0950 e. The molecule has 0 aromatic carbocycles. The zero-order valence-corrected chi connectivity index (χ0v) is 5.25. The summed E-state index contributed by atoms with van der Waals surface area (Å²) >= 11 is 0. The number of ether oxygens (including phenoxy) is 2. The van der Waals surface area contributed by atoms with Crippen molar-refractivity contribution < 1.29 is 9.47 Å². The normalized spacial score (nSPS) is 38.7. The van der Waals surface area contributed by atoms with E-state index in [0.29, 0.717) is 12.2 Å². The van der Waals surface area contributed by atoms with Gasteiger partial charge in [-0.2, -0.15) is 0 Å². The van der Waals surface area contributed by atoms with Gasteiger partial charge >= 0.3 is 0 Å². The topological polar surface area (TPSA) is 39.2 Å². The van der Waals surface area contributed by atoms with Gasteiger partial charge < -0.3 is 9.47 Å². The molecule has 0 aliphatic carbocycles. The average Bonchev–Trinajstić information content (AvgIpc) is 2.57. The van der Waals surface area contributed by atoms with E-state index in [0.717, 1.165) is 26.3 Å². The minimum atomic E-state index is 0.448. The molecule has 0 saturated carbocycles. The van der Waals surface area contributed by atoms with E-state index in [9.17, 15) is 0 Å². The van der Waals surface area contributed by atoms with Crippen LogP contribution in [0, 0.1) is 0 Å². The lowest BCUT2D eigenvalue weighted by molar-refractivity contribution is 0.371. The Morgan fingerprint density at radius 2 is 1.56 bits per heavy atom. The van der Waals surface area contributed by atoms with Crippen molar-refractivity contribution in [2.45, 2.75) is 12.2 Å². The van der Waals surface area contributed by atoms with Gasteiger partial charge in [-0.1, -0.05) is 0 Å². The average molecular weight is 128 g/mol. The van der Waals surface area contributed by atoms with Crippen LogP contribution in [-0.4, -0.2) is 38.5 Å². The van der Waals surface area contributed by atoms with Gasteiger partial charge in [-0.05, 0) is 0 Å². The Labute approximate surface area is 54.3 Å². The van der Waals surface area contributed by atoms with Crippen LogP contribution in [0.25, 0.3) is 0 Å². The molecule has 2 aliphatic heterocycles. The predicted molar refractivity (Wildman–Crippen MR) is 31.3 cm³/mol. The molecule has 3 nitrogen and oxygen atoms in total. The Bertz CT molecular complexity index is 87.2. The molecule has 1 radical (unpaired) electrons. The van der Waals surface area contributed by atoms with Crippen LogP contribution < -0.4 is 5.32 Å². The van der Waals surface area contributed by atoms with E-state index >= 15 is 0 Å². The fourth-order valence-electron chi connectivity index (χ4n) is 0.709. The van der Waals surface area contributed by atoms with Gasteiger partial charge in [0.25, 0.3) is 0 Å². The molecule has 2 unspecified atom stereocenters. The Morgan fingerprint density at radius 1 is 1.11 bits per heavy atom. The maximum absolute atomic E-state index is 4.98. The van der Waals surface area contributed by atoms with E-state index in [1.807, 2.05) is 0 Å². The SMILES string of the molecule is C([N]CC1CO1)C1CO1. The van der Waals surface area contributed by atoms with Crippen molar-refractivity contribution in [1.29, 1.82) is 0 Å². The van der Waals surface area contributed by atoms with Gasteiger partial charge in [0.2, 0.25) is 0 Å². The molecule has 0 aromatic heterocycles. The summed E-state index contributed by atoms with van der Waals surface area (Å²) in [7, 11) is 0. The summed E-state index contributed by atoms with van der Waals surface area (Å²) in [5, 5.41) is 4.25. The third-order valence-corrected chi connectivity index (χ3v) is 1.47. The first-order chi connectivity index (χ1) is 4.45. The summed E-state index contributed by atoms with van der Waals surface area (Å²) in [5.74, 6) is 0. The molecule has 2 heterocycles. The summed E-state index contributed by atoms with van der Waals surface area (Å²) in [6, 6.07) is 0. The van der Waals surface area contributed by atoms with E-state index in [2.05, 4.69) is 5.32 Å². The number of nitrogens with zero attached hydrogens (tertiary/aromatic N) is 1. The minimum absolute atomic E-state index is 0.448. The molecule has 51 valence electrons. The molecular formula is C6H10NO2. The fourth-order valence-corrected chi connectivity index (χ4v) is 0.709. The van der Waals surface area contributed by atoms with Crippen molar-refractivity contribution in [3.63, 3.8) is 0 Å². The molecule has 2 atom stereocenters. The number of hydrogen-bond acceptors (Lipinski definition) is 2. The standard InChI is InChI=1S/C6H10NO2/c1(5-3-8-5)7-2-6-4-9-6/h5-6H,1-4H2. The van der Waals surface area contributed by atoms with Crippen LogP contribution in [0.3, 0.4) is 0 Å². The van der Waals surface area contributed by atoms with Crippen molar-refractivity contribution in [2.24, 2.45) is 0 Å². The molecule has 9 heavy (non-hydrogen) atoms. The van der Waals surface area contributed by atoms with Crippen LogP contribution in [-0.2, 0) is 9.47 Å². The smallest absolute Gasteiger partial charge is 0.0950 e. The highest BCUT2D eigenvalue weighted by Crippen LogP contribution is 2.09. The quantitative estimate of drug-likeness (QED) is 0.474. The molecular weight excluding hydrogens is 118 g/mol. The summed E-state index contributed by atoms with van der Waals surface area (Å²) in [6.07, 6.45) is 0.896. The second kappa shape index (κ2) is 2.25. The molecule has 2 aliphatic rings. The molecule has 0 aromatic rings. The highest BCUT2D eigenvalue weighted by molar-refractivity contribution is 4.76. The summed E-state index contributed by atoms with van der Waals surface area (Å²) in [5.41, 5.74) is 0. The van der Waals surface area contributed by atoms with Gasteiger partial charge in [0.1, 0.15) is 0 Å². The number of hydrogen-bond donors (Lipinski definition) is 0. The van der Waals surface area contributed by atoms with Crippen LogP contribution >= 0.6 is 0 Å². The van der Waals surface area contributed by atoms with Crippen LogP contribution in [0.1, 0.15) is 0 Å². The van der Waals surface area contributed by atoms with Gasteiger partial charge in [-0.15, -0.1) is 0 Å². The highest BCUT2D eigenvalue weighted by atomic mass is 16.6. The van der Waals surface area contributed by atoms with E-state index in [1.165, 1.54) is 0 Å². The third-order valence-electron chi connectivity index (χ3n) is 1.47. The van der Waals surface area contributed by atoms with E-state index < -0.39 is 0 Å². The van der Waals surface area contributed by atoms with Gasteiger partial charge in [-0.3, -0.25) is 0 Å². The third kappa shape index (κ3) is 1.93. The Balaban J connectivity index is 1.46. The minimum Gasteiger partial charge on any atom is -0.372 e. The predicted octanol–water partition coefficient (Wildman–Crippen LogP) is -0.612. The summed E-state index contributed by atoms with van der Waals surface area (Å²) in [6.45, 7) is 3.57. The molecule has 0 amide bonds. The highest BCUT2D eigenvalue weighted by Gasteiger charge is 2.26. The molecule has 2 rings (SSSR count). The summed E-state index contributed by atoms with van der Waals surface area (Å²) in [4.78, 5) is 0. The lowest BCUT2D eigenvalue weighted by Gasteiger charge is -1.92. The zero-order chi connectivity index (χ0) is 6.10. The molecule has 0 bridgehead atoms. The first-order valence-corrected chi connectivity index (χ1v) is 3.31. The van der Waals surface area contributed by atoms with Crippen LogP contribution in [0.2, 0.25) is 0 Å². The monoisotopic (exact) mass is 128 g/mol. The fraction of sp³-hybridized carbons (Fsp3) is 1.00. The van der Waals surface area contributed by atoms with Crippen molar-refractivity contribution >= 4 is 0 Å². The number of rotatable bonds is 4. The largest absolute Gasteiger partial charge is 0.372 e. The van der Waals surface area contributed by atoms with E-state index in [4.69, 9.17) is 9.47 Å². The van der Waals surface area contributed by atoms with E-state index in [1.54, 1.807) is 0 Å². The van der Waals surface area contributed by atoms with Crippen LogP contribution in [0.15, 0.2) is 0 Å². The van der Waals surface area contributed by atoms with Crippen molar-refractivity contribution in [2.75, 3.05) is 26.3 Å². The molecule has 0 spiro atoms. The first kappa shape index (κ1) is 5.65. The number of epoxide rings is 2. The maximum atomic E-state index is 4.98. The Morgan fingerprint density at radius 3 is 1.89 bits per heavy atom. The van der Waals surface area contributed by atoms with Crippen molar-refractivity contribution in [3.05, 3.63) is 0 Å². The van der Waals surface area contributed by atoms with Crippen LogP contribution in [0.5, 0.6) is 0 Å². The van der Waals surface area contributed by atoms with Crippen molar-refractivity contribution in [3.8, 4) is 0 Å². The molecule has 0 N–H and O–H groups in total. The van der Waals surface area contributed by atoms with Crippen molar-refractivity contribution in [1.82, 2.24) is 5.32 Å². The molecule has 3 heteroatoms. The van der Waals surface area contributed by atoms with Gasteiger partial charge in [0, 0.05) is 13.1 Å². The van der Waals surface area contributed by atoms with Crippen LogP contribution in [0.4, 0.5) is 0 Å². The molecule has 2 saturated heterocycles. The Kier molecular flexibility index (Phi) is 1.41. The van der Waals surface area contributed by atoms with Gasteiger partial charge in [0.05, 0.1) is 25.4 Å². The second-order valence-corrected chi connectivity index (χ2v) is 2.50. The zero-order valence-electron chi connectivity index (χ0n) is 5.25.